The highest BCUT2D eigenvalue weighted by Crippen LogP contribution is 2.25. The third-order valence-electron chi connectivity index (χ3n) is 4.38. The van der Waals surface area contributed by atoms with E-state index >= 15 is 0 Å². The van der Waals surface area contributed by atoms with Crippen molar-refractivity contribution in [2.45, 2.75) is 51.7 Å². The number of hydrogen-bond donors (Lipinski definition) is 0. The summed E-state index contributed by atoms with van der Waals surface area (Å²) in [6.45, 7) is 2.88. The maximum atomic E-state index is 6.27. The third kappa shape index (κ3) is 6.05. The highest BCUT2D eigenvalue weighted by Gasteiger charge is 2.12. The summed E-state index contributed by atoms with van der Waals surface area (Å²) in [5, 5.41) is 0. The van der Waals surface area contributed by atoms with Crippen molar-refractivity contribution in [1.29, 1.82) is 0 Å². The second-order valence-electron chi connectivity index (χ2n) is 6.41. The minimum Gasteiger partial charge on any atom is -0.497 e. The Labute approximate surface area is 147 Å². The first-order valence-electron chi connectivity index (χ1n) is 9.04. The van der Waals surface area contributed by atoms with Gasteiger partial charge in [-0.05, 0) is 29.7 Å². The minimum absolute atomic E-state index is 0.171. The molecule has 1 unspecified atom stereocenters. The second-order valence-corrected chi connectivity index (χ2v) is 6.41. The molecule has 0 saturated heterocycles. The summed E-state index contributed by atoms with van der Waals surface area (Å²) in [4.78, 5) is 0. The van der Waals surface area contributed by atoms with Gasteiger partial charge in [-0.2, -0.15) is 0 Å². The van der Waals surface area contributed by atoms with Gasteiger partial charge in [0.2, 0.25) is 0 Å². The Bertz CT molecular complexity index is 578. The molecule has 0 aliphatic rings. The molecule has 0 saturated carbocycles. The monoisotopic (exact) mass is 324 g/mol. The van der Waals surface area contributed by atoms with Gasteiger partial charge in [-0.15, -0.1) is 0 Å². The average molecular weight is 324 g/mol. The van der Waals surface area contributed by atoms with Gasteiger partial charge in [0.05, 0.1) is 19.8 Å². The maximum Gasteiger partial charge on any atom is 0.139 e. The highest BCUT2D eigenvalue weighted by molar-refractivity contribution is 6.32. The molecular formula is C21H29BO2. The maximum absolute atomic E-state index is 6.27. The first-order valence-corrected chi connectivity index (χ1v) is 9.04. The number of rotatable bonds is 10. The van der Waals surface area contributed by atoms with E-state index in [0.717, 1.165) is 12.2 Å². The van der Waals surface area contributed by atoms with E-state index in [2.05, 4.69) is 51.2 Å². The number of methoxy groups -OCH3 is 1. The van der Waals surface area contributed by atoms with E-state index in [0.29, 0.717) is 6.61 Å². The molecular weight excluding hydrogens is 295 g/mol. The summed E-state index contributed by atoms with van der Waals surface area (Å²) >= 11 is 0. The van der Waals surface area contributed by atoms with Crippen LogP contribution in [-0.4, -0.2) is 15.0 Å². The summed E-state index contributed by atoms with van der Waals surface area (Å²) in [6, 6.07) is 16.9. The van der Waals surface area contributed by atoms with Gasteiger partial charge in [0.25, 0.3) is 0 Å². The van der Waals surface area contributed by atoms with Crippen molar-refractivity contribution in [3.05, 3.63) is 59.7 Å². The average Bonchev–Trinajstić information content (AvgIpc) is 2.62. The third-order valence-corrected chi connectivity index (χ3v) is 4.38. The summed E-state index contributed by atoms with van der Waals surface area (Å²) in [5.74, 6) is 0.883. The van der Waals surface area contributed by atoms with Gasteiger partial charge in [0.1, 0.15) is 13.6 Å². The lowest BCUT2D eigenvalue weighted by atomic mass is 9.93. The van der Waals surface area contributed by atoms with Crippen LogP contribution in [0, 0.1) is 0 Å². The Kier molecular flexibility index (Phi) is 7.90. The van der Waals surface area contributed by atoms with Crippen molar-refractivity contribution in [3.63, 3.8) is 0 Å². The number of unbranched alkanes of at least 4 members (excludes halogenated alkanes) is 3. The minimum atomic E-state index is 0.171. The van der Waals surface area contributed by atoms with Crippen LogP contribution in [0.1, 0.15) is 56.3 Å². The fraction of sp³-hybridized carbons (Fsp3) is 0.429. The lowest BCUT2D eigenvalue weighted by molar-refractivity contribution is 0.0321. The van der Waals surface area contributed by atoms with Crippen molar-refractivity contribution in [1.82, 2.24) is 0 Å². The Morgan fingerprint density at radius 1 is 0.917 bits per heavy atom. The molecule has 0 amide bonds. The molecule has 0 fully saturated rings. The molecule has 2 aromatic carbocycles. The molecule has 3 heteroatoms. The fourth-order valence-electron chi connectivity index (χ4n) is 2.80. The predicted octanol–water partition coefficient (Wildman–Crippen LogP) is 4.18. The number of hydrogen-bond acceptors (Lipinski definition) is 2. The van der Waals surface area contributed by atoms with Crippen LogP contribution >= 0.6 is 0 Å². The van der Waals surface area contributed by atoms with Crippen molar-refractivity contribution in [2.75, 3.05) is 7.11 Å². The second kappa shape index (κ2) is 10.2. The molecule has 0 heterocycles. The van der Waals surface area contributed by atoms with Crippen molar-refractivity contribution in [3.8, 4) is 5.75 Å². The van der Waals surface area contributed by atoms with Crippen LogP contribution in [0.15, 0.2) is 48.5 Å². The molecule has 0 bridgehead atoms. The molecule has 0 radical (unpaired) electrons. The molecule has 0 spiro atoms. The summed E-state index contributed by atoms with van der Waals surface area (Å²) in [6.07, 6.45) is 6.32. The van der Waals surface area contributed by atoms with Crippen LogP contribution in [0.2, 0.25) is 0 Å². The van der Waals surface area contributed by atoms with E-state index in [1.807, 2.05) is 12.1 Å². The van der Waals surface area contributed by atoms with Crippen LogP contribution in [0.5, 0.6) is 5.75 Å². The molecule has 2 nitrogen and oxygen atoms in total. The van der Waals surface area contributed by atoms with Gasteiger partial charge in [0.15, 0.2) is 0 Å². The Hall–Kier alpha value is -1.74. The molecule has 24 heavy (non-hydrogen) atoms. The number of benzene rings is 2. The zero-order valence-electron chi connectivity index (χ0n) is 15.3. The highest BCUT2D eigenvalue weighted by atomic mass is 16.5. The Balaban J connectivity index is 1.97. The van der Waals surface area contributed by atoms with E-state index in [-0.39, 0.29) is 6.10 Å². The molecule has 2 rings (SSSR count). The Morgan fingerprint density at radius 3 is 2.25 bits per heavy atom. The van der Waals surface area contributed by atoms with Crippen molar-refractivity contribution in [2.24, 2.45) is 0 Å². The van der Waals surface area contributed by atoms with Crippen molar-refractivity contribution < 1.29 is 9.47 Å². The standard InChI is InChI=1S/C21H29BO2/c1-3-4-5-6-7-21(18-10-12-19(22)13-11-18)24-16-17-8-14-20(23-2)15-9-17/h8-15,21H,3-7,16,22H2,1-2H3. The van der Waals surface area contributed by atoms with Gasteiger partial charge in [-0.3, -0.25) is 0 Å². The zero-order valence-corrected chi connectivity index (χ0v) is 15.3. The lowest BCUT2D eigenvalue weighted by Crippen LogP contribution is -2.08. The Morgan fingerprint density at radius 2 is 1.62 bits per heavy atom. The van der Waals surface area contributed by atoms with Crippen LogP contribution in [0.3, 0.4) is 0 Å². The number of ether oxygens (including phenoxy) is 2. The van der Waals surface area contributed by atoms with E-state index in [4.69, 9.17) is 9.47 Å². The van der Waals surface area contributed by atoms with E-state index in [1.165, 1.54) is 42.3 Å². The quantitative estimate of drug-likeness (QED) is 0.482. The molecule has 2 aromatic rings. The summed E-state index contributed by atoms with van der Waals surface area (Å²) in [7, 11) is 3.81. The molecule has 0 aromatic heterocycles. The molecule has 1 atom stereocenters. The first kappa shape index (κ1) is 18.6. The van der Waals surface area contributed by atoms with Gasteiger partial charge >= 0.3 is 0 Å². The van der Waals surface area contributed by atoms with Gasteiger partial charge in [0, 0.05) is 0 Å². The largest absolute Gasteiger partial charge is 0.497 e. The van der Waals surface area contributed by atoms with Crippen LogP contribution in [-0.2, 0) is 11.3 Å². The molecule has 128 valence electrons. The fourth-order valence-corrected chi connectivity index (χ4v) is 2.80. The van der Waals surface area contributed by atoms with Gasteiger partial charge in [-0.1, -0.05) is 74.5 Å². The zero-order chi connectivity index (χ0) is 17.2. The first-order chi connectivity index (χ1) is 11.7. The van der Waals surface area contributed by atoms with E-state index < -0.39 is 0 Å². The lowest BCUT2D eigenvalue weighted by Gasteiger charge is -2.19. The van der Waals surface area contributed by atoms with Crippen LogP contribution in [0.4, 0.5) is 0 Å². The van der Waals surface area contributed by atoms with Crippen molar-refractivity contribution >= 4 is 13.3 Å². The smallest absolute Gasteiger partial charge is 0.139 e. The molecule has 0 aliphatic heterocycles. The van der Waals surface area contributed by atoms with Crippen LogP contribution in [0.25, 0.3) is 0 Å². The summed E-state index contributed by atoms with van der Waals surface area (Å²) in [5.41, 5.74) is 3.76. The predicted molar refractivity (Wildman–Crippen MR) is 104 cm³/mol. The molecule has 0 aliphatic carbocycles. The summed E-state index contributed by atoms with van der Waals surface area (Å²) < 4.78 is 11.5. The van der Waals surface area contributed by atoms with Gasteiger partial charge < -0.3 is 9.47 Å². The van der Waals surface area contributed by atoms with Crippen LogP contribution < -0.4 is 10.2 Å². The van der Waals surface area contributed by atoms with E-state index in [9.17, 15) is 0 Å². The normalized spacial score (nSPS) is 12.1. The van der Waals surface area contributed by atoms with E-state index in [1.54, 1.807) is 7.11 Å². The van der Waals surface area contributed by atoms with Gasteiger partial charge in [-0.25, -0.2) is 0 Å². The topological polar surface area (TPSA) is 18.5 Å². The molecule has 0 N–H and O–H groups in total. The SMILES string of the molecule is Bc1ccc(C(CCCCCC)OCc2ccc(OC)cc2)cc1.